The molecule has 9 nitrogen and oxygen atoms in total. The highest BCUT2D eigenvalue weighted by Gasteiger charge is 2.43. The van der Waals surface area contributed by atoms with Crippen molar-refractivity contribution in [2.45, 2.75) is 94.5 Å². The van der Waals surface area contributed by atoms with Gasteiger partial charge in [0.05, 0.1) is 0 Å². The van der Waals surface area contributed by atoms with Gasteiger partial charge in [-0.1, -0.05) is 50.3 Å². The molecule has 0 radical (unpaired) electrons. The molecule has 3 aromatic rings. The number of nitrogens with one attached hydrogen (secondary N) is 2. The number of carbonyl (C=O) groups excluding carboxylic acids is 3. The molecule has 0 aliphatic heterocycles. The smallest absolute Gasteiger partial charge is 0.328 e. The lowest BCUT2D eigenvalue weighted by molar-refractivity contribution is -0.131. The van der Waals surface area contributed by atoms with Crippen LogP contribution in [0, 0.1) is 0 Å². The topological polar surface area (TPSA) is 121 Å². The average Bonchev–Trinajstić information content (AvgIpc) is 3.69. The number of anilines is 1. The van der Waals surface area contributed by atoms with Crippen molar-refractivity contribution in [2.75, 3.05) is 19.4 Å². The summed E-state index contributed by atoms with van der Waals surface area (Å²) in [6.07, 6.45) is 13.5. The number of aromatic nitrogens is 1. The van der Waals surface area contributed by atoms with Crippen LogP contribution in [0.1, 0.15) is 110 Å². The minimum absolute atomic E-state index is 0.0244. The van der Waals surface area contributed by atoms with Crippen LogP contribution in [0.5, 0.6) is 0 Å². The number of carboxylic acids is 1. The van der Waals surface area contributed by atoms with Crippen LogP contribution in [0.2, 0.25) is 0 Å². The summed E-state index contributed by atoms with van der Waals surface area (Å²) < 4.78 is 2.18. The fraction of sp³-hybridized carbons (Fsp3) is 0.459. The zero-order valence-electron chi connectivity index (χ0n) is 26.8. The number of rotatable bonds is 10. The van der Waals surface area contributed by atoms with E-state index < -0.39 is 11.5 Å². The van der Waals surface area contributed by atoms with E-state index in [9.17, 15) is 19.2 Å². The Balaban J connectivity index is 1.29. The molecule has 0 atom stereocenters. The standard InChI is InChI=1S/C37H44N4O5/c1-40(2)31(42)23-41-30-22-27(15-18-29(30)33(34(41)26-13-14-26)25-8-4-3-5-9-25)35(45)39-37(20-6-7-21-37)36(46)38-28-16-10-24(11-17-28)12-19-32(43)44/h10-12,15-19,22,25-26H,3-9,13-14,20-21,23H2,1-2H3,(H,38,46)(H,39,45)(H,43,44). The highest BCUT2D eigenvalue weighted by Crippen LogP contribution is 2.49. The van der Waals surface area contributed by atoms with Gasteiger partial charge in [0.25, 0.3) is 5.91 Å². The molecule has 2 aromatic carbocycles. The summed E-state index contributed by atoms with van der Waals surface area (Å²) >= 11 is 0. The molecule has 3 aliphatic rings. The minimum atomic E-state index is -1.04. The quantitative estimate of drug-likeness (QED) is 0.225. The molecule has 242 valence electrons. The number of hydrogen-bond donors (Lipinski definition) is 3. The SMILES string of the molecule is CN(C)C(=O)Cn1c(C2CC2)c(C2CCCCC2)c2ccc(C(=O)NC3(C(=O)Nc4ccc(C=CC(=O)O)cc4)CCCC3)cc21. The third-order valence-corrected chi connectivity index (χ3v) is 10.0. The first-order valence-electron chi connectivity index (χ1n) is 16.7. The molecule has 0 spiro atoms. The Labute approximate surface area is 270 Å². The van der Waals surface area contributed by atoms with Gasteiger partial charge in [0.1, 0.15) is 12.1 Å². The highest BCUT2D eigenvalue weighted by molar-refractivity contribution is 6.05. The van der Waals surface area contributed by atoms with Crippen molar-refractivity contribution in [3.63, 3.8) is 0 Å². The van der Waals surface area contributed by atoms with E-state index in [-0.39, 0.29) is 24.3 Å². The molecule has 0 saturated heterocycles. The Hall–Kier alpha value is -4.40. The predicted molar refractivity (Wildman–Crippen MR) is 179 cm³/mol. The van der Waals surface area contributed by atoms with Gasteiger partial charge in [0.2, 0.25) is 11.8 Å². The summed E-state index contributed by atoms with van der Waals surface area (Å²) in [7, 11) is 3.56. The summed E-state index contributed by atoms with van der Waals surface area (Å²) in [5, 5.41) is 16.1. The maximum Gasteiger partial charge on any atom is 0.328 e. The Bertz CT molecular complexity index is 1670. The van der Waals surface area contributed by atoms with Crippen LogP contribution in [0.3, 0.4) is 0 Å². The zero-order chi connectivity index (χ0) is 32.4. The van der Waals surface area contributed by atoms with E-state index in [0.717, 1.165) is 55.5 Å². The average molecular weight is 625 g/mol. The third-order valence-electron chi connectivity index (χ3n) is 10.0. The molecule has 46 heavy (non-hydrogen) atoms. The molecule has 0 bridgehead atoms. The maximum absolute atomic E-state index is 13.9. The minimum Gasteiger partial charge on any atom is -0.478 e. The van der Waals surface area contributed by atoms with Crippen molar-refractivity contribution in [3.05, 3.63) is 70.9 Å². The van der Waals surface area contributed by atoms with E-state index >= 15 is 0 Å². The molecular formula is C37H44N4O5. The Morgan fingerprint density at radius 1 is 0.913 bits per heavy atom. The van der Waals surface area contributed by atoms with Gasteiger partial charge in [-0.25, -0.2) is 4.79 Å². The second kappa shape index (κ2) is 13.1. The Morgan fingerprint density at radius 3 is 2.24 bits per heavy atom. The second-order valence-corrected chi connectivity index (χ2v) is 13.5. The van der Waals surface area contributed by atoms with Crippen molar-refractivity contribution in [3.8, 4) is 0 Å². The predicted octanol–water partition coefficient (Wildman–Crippen LogP) is 6.43. The van der Waals surface area contributed by atoms with Crippen LogP contribution >= 0.6 is 0 Å². The number of hydrogen-bond acceptors (Lipinski definition) is 4. The van der Waals surface area contributed by atoms with Gasteiger partial charge < -0.3 is 25.2 Å². The van der Waals surface area contributed by atoms with Crippen LogP contribution < -0.4 is 10.6 Å². The Morgan fingerprint density at radius 2 is 1.61 bits per heavy atom. The largest absolute Gasteiger partial charge is 0.478 e. The first kappa shape index (κ1) is 31.6. The first-order valence-corrected chi connectivity index (χ1v) is 16.7. The maximum atomic E-state index is 13.9. The normalized spacial score (nSPS) is 18.1. The molecular weight excluding hydrogens is 580 g/mol. The Kier molecular flexibility index (Phi) is 9.02. The zero-order valence-corrected chi connectivity index (χ0v) is 26.8. The van der Waals surface area contributed by atoms with E-state index in [2.05, 4.69) is 21.3 Å². The van der Waals surface area contributed by atoms with Crippen molar-refractivity contribution in [2.24, 2.45) is 0 Å². The number of nitrogens with zero attached hydrogens (tertiary/aromatic N) is 2. The molecule has 3 saturated carbocycles. The van der Waals surface area contributed by atoms with Crippen molar-refractivity contribution >= 4 is 46.4 Å². The summed E-state index contributed by atoms with van der Waals surface area (Å²) in [4.78, 5) is 53.2. The number of carboxylic acid groups (broad SMARTS) is 1. The van der Waals surface area contributed by atoms with Gasteiger partial charge in [-0.15, -0.1) is 0 Å². The number of amides is 3. The molecule has 3 N–H and O–H groups in total. The van der Waals surface area contributed by atoms with Crippen LogP contribution in [0.4, 0.5) is 5.69 Å². The molecule has 9 heteroatoms. The second-order valence-electron chi connectivity index (χ2n) is 13.5. The van der Waals surface area contributed by atoms with Crippen LogP contribution in [-0.2, 0) is 20.9 Å². The first-order chi connectivity index (χ1) is 22.1. The third kappa shape index (κ3) is 6.59. The molecule has 1 heterocycles. The van der Waals surface area contributed by atoms with E-state index in [1.165, 1.54) is 36.6 Å². The van der Waals surface area contributed by atoms with Gasteiger partial charge in [-0.2, -0.15) is 0 Å². The molecule has 0 unspecified atom stereocenters. The molecule has 3 fully saturated rings. The highest BCUT2D eigenvalue weighted by atomic mass is 16.4. The lowest BCUT2D eigenvalue weighted by Crippen LogP contribution is -2.55. The number of aliphatic carboxylic acids is 1. The summed E-state index contributed by atoms with van der Waals surface area (Å²) in [5.74, 6) is -0.648. The number of benzene rings is 2. The van der Waals surface area contributed by atoms with Crippen LogP contribution in [0.15, 0.2) is 48.5 Å². The summed E-state index contributed by atoms with van der Waals surface area (Å²) in [6.45, 7) is 0.240. The van der Waals surface area contributed by atoms with Crippen molar-refractivity contribution < 1.29 is 24.3 Å². The van der Waals surface area contributed by atoms with Crippen molar-refractivity contribution in [1.82, 2.24) is 14.8 Å². The van der Waals surface area contributed by atoms with E-state index in [1.807, 2.05) is 12.1 Å². The fourth-order valence-electron chi connectivity index (χ4n) is 7.37. The van der Waals surface area contributed by atoms with Crippen molar-refractivity contribution in [1.29, 1.82) is 0 Å². The fourth-order valence-corrected chi connectivity index (χ4v) is 7.37. The summed E-state index contributed by atoms with van der Waals surface area (Å²) in [5.41, 5.74) is 4.31. The van der Waals surface area contributed by atoms with Gasteiger partial charge in [-0.3, -0.25) is 14.4 Å². The molecule has 3 aliphatic carbocycles. The number of fused-ring (bicyclic) bond motifs is 1. The van der Waals surface area contributed by atoms with E-state index in [1.54, 1.807) is 43.3 Å². The molecule has 3 amide bonds. The van der Waals surface area contributed by atoms with E-state index in [4.69, 9.17) is 5.11 Å². The van der Waals surface area contributed by atoms with Gasteiger partial charge in [0, 0.05) is 48.0 Å². The van der Waals surface area contributed by atoms with E-state index in [0.29, 0.717) is 41.5 Å². The monoisotopic (exact) mass is 624 g/mol. The van der Waals surface area contributed by atoms with Crippen LogP contribution in [-0.4, -0.2) is 57.9 Å². The number of carbonyl (C=O) groups is 4. The molecule has 6 rings (SSSR count). The van der Waals surface area contributed by atoms with Gasteiger partial charge in [-0.05, 0) is 91.8 Å². The van der Waals surface area contributed by atoms with Gasteiger partial charge >= 0.3 is 5.97 Å². The van der Waals surface area contributed by atoms with Crippen LogP contribution in [0.25, 0.3) is 17.0 Å². The van der Waals surface area contributed by atoms with Gasteiger partial charge in [0.15, 0.2) is 0 Å². The number of likely N-dealkylation sites (N-methyl/N-ethyl adjacent to an activating group) is 1. The lowest BCUT2D eigenvalue weighted by Gasteiger charge is -2.29. The molecule has 1 aromatic heterocycles. The summed E-state index contributed by atoms with van der Waals surface area (Å²) in [6, 6.07) is 12.8. The lowest BCUT2D eigenvalue weighted by atomic mass is 9.82.